The van der Waals surface area contributed by atoms with Gasteiger partial charge in [0.05, 0.1) is 48.5 Å². The van der Waals surface area contributed by atoms with Gasteiger partial charge in [0.2, 0.25) is 0 Å². The Kier molecular flexibility index (Phi) is 4.84. The van der Waals surface area contributed by atoms with Gasteiger partial charge < -0.3 is 20.1 Å². The molecule has 0 bridgehead atoms. The van der Waals surface area contributed by atoms with Gasteiger partial charge in [-0.1, -0.05) is 18.2 Å². The molecule has 1 N–H and O–H groups in total. The zero-order valence-electron chi connectivity index (χ0n) is 14.6. The summed E-state index contributed by atoms with van der Waals surface area (Å²) in [6.07, 6.45) is 0.411. The number of hydroxylamine groups is 4. The van der Waals surface area contributed by atoms with Crippen molar-refractivity contribution in [1.29, 1.82) is 0 Å². The Morgan fingerprint density at radius 2 is 1.81 bits per heavy atom. The van der Waals surface area contributed by atoms with Crippen molar-refractivity contribution in [2.24, 2.45) is 0 Å². The summed E-state index contributed by atoms with van der Waals surface area (Å²) in [7, 11) is 3.04. The molecule has 0 amide bonds. The van der Waals surface area contributed by atoms with Crippen LogP contribution in [-0.4, -0.2) is 41.7 Å². The number of pyridine rings is 1. The van der Waals surface area contributed by atoms with Gasteiger partial charge in [0.25, 0.3) is 5.69 Å². The van der Waals surface area contributed by atoms with E-state index >= 15 is 0 Å². The van der Waals surface area contributed by atoms with Crippen LogP contribution in [0.15, 0.2) is 42.5 Å². The van der Waals surface area contributed by atoms with Crippen molar-refractivity contribution in [3.63, 3.8) is 0 Å². The zero-order valence-corrected chi connectivity index (χ0v) is 14.6. The Balaban J connectivity index is 2.17. The van der Waals surface area contributed by atoms with Gasteiger partial charge in [-0.3, -0.25) is 10.1 Å². The van der Waals surface area contributed by atoms with Crippen molar-refractivity contribution in [1.82, 2.24) is 4.98 Å². The number of nitro groups is 1. The fraction of sp³-hybridized carbons (Fsp3) is 0.278. The van der Waals surface area contributed by atoms with Gasteiger partial charge in [-0.15, -0.1) is 0 Å². The van der Waals surface area contributed by atoms with Crippen molar-refractivity contribution >= 4 is 33.2 Å². The lowest BCUT2D eigenvalue weighted by Crippen LogP contribution is -3.02. The molecule has 3 rings (SSSR count). The van der Waals surface area contributed by atoms with E-state index in [0.717, 1.165) is 0 Å². The maximum atomic E-state index is 13.0. The normalized spacial score (nSPS) is 13.2. The monoisotopic (exact) mass is 356 g/mol. The van der Waals surface area contributed by atoms with Crippen molar-refractivity contribution in [3.8, 4) is 0 Å². The second-order valence-corrected chi connectivity index (χ2v) is 6.76. The van der Waals surface area contributed by atoms with Crippen LogP contribution in [0.4, 0.5) is 11.4 Å². The summed E-state index contributed by atoms with van der Waals surface area (Å²) in [6.45, 7) is 0.452. The topological polar surface area (TPSA) is 107 Å². The highest BCUT2D eigenvalue weighted by atomic mass is 16.6. The van der Waals surface area contributed by atoms with Crippen LogP contribution in [0.25, 0.3) is 21.8 Å². The molecule has 0 saturated heterocycles. The van der Waals surface area contributed by atoms with Gasteiger partial charge in [-0.05, 0) is 18.2 Å². The number of quaternary nitrogens is 2. The van der Waals surface area contributed by atoms with Gasteiger partial charge in [-0.25, -0.2) is 4.98 Å². The van der Waals surface area contributed by atoms with E-state index in [4.69, 9.17) is 0 Å². The first-order chi connectivity index (χ1) is 12.3. The van der Waals surface area contributed by atoms with Gasteiger partial charge in [0.15, 0.2) is 5.69 Å². The number of para-hydroxylation sites is 1. The molecular weight excluding hydrogens is 336 g/mol. The Bertz CT molecular complexity index is 968. The molecule has 1 atom stereocenters. The predicted octanol–water partition coefficient (Wildman–Crippen LogP) is 2.27. The summed E-state index contributed by atoms with van der Waals surface area (Å²) in [4.78, 5) is 15.5. The van der Waals surface area contributed by atoms with Crippen LogP contribution in [0.5, 0.6) is 0 Å². The fourth-order valence-corrected chi connectivity index (χ4v) is 3.11. The summed E-state index contributed by atoms with van der Waals surface area (Å²) in [5, 5.41) is 36.8. The number of hydrogen-bond donors (Lipinski definition) is 1. The lowest BCUT2D eigenvalue weighted by Gasteiger charge is -2.34. The second-order valence-electron chi connectivity index (χ2n) is 6.76. The fourth-order valence-electron chi connectivity index (χ4n) is 3.11. The summed E-state index contributed by atoms with van der Waals surface area (Å²) in [5.74, 6) is 0. The quantitative estimate of drug-likeness (QED) is 0.316. The summed E-state index contributed by atoms with van der Waals surface area (Å²) >= 11 is 0. The third kappa shape index (κ3) is 3.63. The highest BCUT2D eigenvalue weighted by Gasteiger charge is 2.23. The molecule has 0 radical (unpaired) electrons. The molecule has 1 unspecified atom stereocenters. The van der Waals surface area contributed by atoms with Crippen LogP contribution in [0.2, 0.25) is 0 Å². The van der Waals surface area contributed by atoms with Gasteiger partial charge in [-0.2, -0.15) is 0 Å². The first kappa shape index (κ1) is 18.2. The Labute approximate surface area is 150 Å². The van der Waals surface area contributed by atoms with E-state index in [2.05, 4.69) is 4.98 Å². The van der Waals surface area contributed by atoms with Crippen LogP contribution in [-0.2, 0) is 0 Å². The van der Waals surface area contributed by atoms with Crippen LogP contribution in [0, 0.1) is 20.5 Å². The van der Waals surface area contributed by atoms with Gasteiger partial charge >= 0.3 is 0 Å². The molecule has 136 valence electrons. The molecule has 8 heteroatoms. The highest BCUT2D eigenvalue weighted by molar-refractivity contribution is 6.07. The van der Waals surface area contributed by atoms with E-state index in [9.17, 15) is 20.5 Å². The summed E-state index contributed by atoms with van der Waals surface area (Å²) < 4.78 is -0.481. The molecule has 3 aromatic rings. The van der Waals surface area contributed by atoms with E-state index < -0.39 is 9.57 Å². The molecule has 1 heterocycles. The number of aromatic nitrogens is 1. The van der Waals surface area contributed by atoms with E-state index in [1.165, 1.54) is 20.2 Å². The number of non-ortho nitro benzene ring substituents is 1. The third-order valence-corrected chi connectivity index (χ3v) is 4.26. The molecule has 2 aromatic carbocycles. The molecule has 0 aliphatic heterocycles. The van der Waals surface area contributed by atoms with E-state index in [-0.39, 0.29) is 22.7 Å². The van der Waals surface area contributed by atoms with Crippen molar-refractivity contribution in [2.45, 2.75) is 6.42 Å². The van der Waals surface area contributed by atoms with Crippen LogP contribution in [0.3, 0.4) is 0 Å². The molecule has 0 saturated carbocycles. The average Bonchev–Trinajstić information content (AvgIpc) is 2.57. The van der Waals surface area contributed by atoms with Crippen LogP contribution in [0.1, 0.15) is 6.42 Å². The number of fused-ring (bicyclic) bond motifs is 2. The van der Waals surface area contributed by atoms with Gasteiger partial charge in [0.1, 0.15) is 5.39 Å². The maximum absolute atomic E-state index is 13.0. The number of rotatable bonds is 6. The van der Waals surface area contributed by atoms with Crippen LogP contribution >= 0.6 is 0 Å². The molecule has 0 aliphatic carbocycles. The molecule has 0 spiro atoms. The third-order valence-electron chi connectivity index (χ3n) is 4.26. The van der Waals surface area contributed by atoms with E-state index in [1.54, 1.807) is 30.3 Å². The largest absolute Gasteiger partial charge is 0.633 e. The molecule has 1 aromatic heterocycles. The highest BCUT2D eigenvalue weighted by Crippen LogP contribution is 2.34. The first-order valence-electron chi connectivity index (χ1n) is 8.31. The molecule has 8 nitrogen and oxygen atoms in total. The molecule has 26 heavy (non-hydrogen) atoms. The Morgan fingerprint density at radius 1 is 1.12 bits per heavy atom. The van der Waals surface area contributed by atoms with Crippen molar-refractivity contribution < 1.29 is 14.6 Å². The standard InChI is InChI=1S/C18H20N4O4/c1-22(2,26)12-6-11-20(23)18-13-7-3-4-8-14(13)19-15-9-5-10-16(17(15)18)21(24)25/h3-5,7-10,20H,6,11-12H2,1-2H3. The number of hydrogen-bond acceptors (Lipinski definition) is 5. The smallest absolute Gasteiger partial charge is 0.284 e. The average molecular weight is 356 g/mol. The Morgan fingerprint density at radius 3 is 2.50 bits per heavy atom. The van der Waals surface area contributed by atoms with Crippen LogP contribution < -0.4 is 5.06 Å². The number of nitrogens with zero attached hydrogens (tertiary/aromatic N) is 3. The number of nitro benzene ring substituents is 1. The molecular formula is C18H20N4O4. The first-order valence-corrected chi connectivity index (χ1v) is 8.31. The summed E-state index contributed by atoms with van der Waals surface area (Å²) in [6, 6.07) is 11.7. The minimum atomic E-state index is -0.493. The lowest BCUT2D eigenvalue weighted by atomic mass is 10.1. The number of nitrogens with one attached hydrogen (secondary N) is 1. The van der Waals surface area contributed by atoms with Crippen molar-refractivity contribution in [2.75, 3.05) is 27.2 Å². The Hall–Kier alpha value is -2.65. The lowest BCUT2D eigenvalue weighted by molar-refractivity contribution is -0.846. The van der Waals surface area contributed by atoms with Crippen molar-refractivity contribution in [3.05, 3.63) is 63.0 Å². The molecule has 0 fully saturated rings. The SMILES string of the molecule is C[N+](C)([O-])CCC[NH+]([O-])c1c2ccccc2nc2cccc([N+](=O)[O-])c12. The van der Waals surface area contributed by atoms with Gasteiger partial charge in [0, 0.05) is 12.5 Å². The zero-order chi connectivity index (χ0) is 18.9. The predicted molar refractivity (Wildman–Crippen MR) is 99.7 cm³/mol. The number of benzene rings is 2. The van der Waals surface area contributed by atoms with E-state index in [0.29, 0.717) is 35.1 Å². The molecule has 0 aliphatic rings. The summed E-state index contributed by atoms with van der Waals surface area (Å²) in [5.41, 5.74) is 1.21. The van der Waals surface area contributed by atoms with E-state index in [1.807, 2.05) is 6.07 Å². The minimum Gasteiger partial charge on any atom is -0.633 e. The second kappa shape index (κ2) is 6.93. The maximum Gasteiger partial charge on any atom is 0.284 e. The minimum absolute atomic E-state index is 0.135.